The molecule has 0 aliphatic heterocycles. The fourth-order valence-corrected chi connectivity index (χ4v) is 0.926. The van der Waals surface area contributed by atoms with E-state index in [2.05, 4.69) is 15.4 Å². The predicted octanol–water partition coefficient (Wildman–Crippen LogP) is -0.810. The summed E-state index contributed by atoms with van der Waals surface area (Å²) in [4.78, 5) is 32.7. The van der Waals surface area contributed by atoms with Gasteiger partial charge in [-0.3, -0.25) is 14.4 Å². The Morgan fingerprint density at radius 2 is 1.87 bits per heavy atom. The zero-order valence-electron chi connectivity index (χ0n) is 9.12. The van der Waals surface area contributed by atoms with E-state index in [4.69, 9.17) is 0 Å². The van der Waals surface area contributed by atoms with Gasteiger partial charge in [-0.2, -0.15) is 0 Å². The van der Waals surface area contributed by atoms with E-state index < -0.39 is 12.0 Å². The van der Waals surface area contributed by atoms with Gasteiger partial charge in [-0.15, -0.1) is 0 Å². The third kappa shape index (κ3) is 6.48. The first-order valence-corrected chi connectivity index (χ1v) is 4.65. The molecule has 0 bridgehead atoms. The Hall–Kier alpha value is -1.59. The molecule has 2 amide bonds. The summed E-state index contributed by atoms with van der Waals surface area (Å²) in [5.41, 5.74) is 0. The average molecular weight is 216 g/mol. The molecule has 0 aromatic rings. The fourth-order valence-electron chi connectivity index (χ4n) is 0.926. The van der Waals surface area contributed by atoms with Gasteiger partial charge in [0.15, 0.2) is 0 Å². The van der Waals surface area contributed by atoms with Gasteiger partial charge in [0.25, 0.3) is 0 Å². The predicted molar refractivity (Wildman–Crippen MR) is 52.9 cm³/mol. The molecule has 6 heteroatoms. The number of nitrogens with one attached hydrogen (secondary N) is 2. The van der Waals surface area contributed by atoms with Crippen molar-refractivity contribution in [2.24, 2.45) is 0 Å². The molecule has 0 aromatic heterocycles. The highest BCUT2D eigenvalue weighted by Gasteiger charge is 2.19. The second kappa shape index (κ2) is 6.80. The van der Waals surface area contributed by atoms with Crippen molar-refractivity contribution in [3.63, 3.8) is 0 Å². The monoisotopic (exact) mass is 216 g/mol. The maximum atomic E-state index is 11.4. The van der Waals surface area contributed by atoms with Gasteiger partial charge in [-0.1, -0.05) is 0 Å². The van der Waals surface area contributed by atoms with Crippen LogP contribution in [0.1, 0.15) is 20.8 Å². The molecule has 2 N–H and O–H groups in total. The van der Waals surface area contributed by atoms with Crippen molar-refractivity contribution in [3.05, 3.63) is 0 Å². The summed E-state index contributed by atoms with van der Waals surface area (Å²) in [5, 5.41) is 4.92. The van der Waals surface area contributed by atoms with Crippen molar-refractivity contribution in [2.75, 3.05) is 13.2 Å². The normalized spacial score (nSPS) is 11.4. The van der Waals surface area contributed by atoms with Crippen LogP contribution in [-0.2, 0) is 19.1 Å². The molecule has 0 fully saturated rings. The summed E-state index contributed by atoms with van der Waals surface area (Å²) in [6, 6.07) is -0.827. The molecule has 0 aromatic carbocycles. The van der Waals surface area contributed by atoms with E-state index >= 15 is 0 Å². The highest BCUT2D eigenvalue weighted by Crippen LogP contribution is 1.88. The van der Waals surface area contributed by atoms with Gasteiger partial charge in [0.1, 0.15) is 12.6 Å². The van der Waals surface area contributed by atoms with Crippen LogP contribution in [0.2, 0.25) is 0 Å². The molecule has 0 aliphatic rings. The van der Waals surface area contributed by atoms with Crippen LogP contribution in [0.25, 0.3) is 0 Å². The number of ether oxygens (including phenoxy) is 1. The van der Waals surface area contributed by atoms with E-state index in [9.17, 15) is 14.4 Å². The molecular weight excluding hydrogens is 200 g/mol. The van der Waals surface area contributed by atoms with Crippen molar-refractivity contribution in [1.82, 2.24) is 10.6 Å². The Kier molecular flexibility index (Phi) is 6.08. The van der Waals surface area contributed by atoms with Crippen LogP contribution in [-0.4, -0.2) is 37.0 Å². The minimum absolute atomic E-state index is 0.152. The average Bonchev–Trinajstić information content (AvgIpc) is 2.11. The minimum atomic E-state index is -0.827. The number of amides is 2. The van der Waals surface area contributed by atoms with Crippen LogP contribution in [0, 0.1) is 0 Å². The quantitative estimate of drug-likeness (QED) is 0.589. The lowest BCUT2D eigenvalue weighted by atomic mass is 10.3. The number of hydrogen-bond acceptors (Lipinski definition) is 4. The summed E-state index contributed by atoms with van der Waals surface area (Å²) in [5.74, 6) is -1.21. The Balaban J connectivity index is 4.23. The van der Waals surface area contributed by atoms with E-state index in [0.29, 0.717) is 6.54 Å². The van der Waals surface area contributed by atoms with Crippen LogP contribution in [0.15, 0.2) is 0 Å². The maximum Gasteiger partial charge on any atom is 0.302 e. The molecule has 0 spiro atoms. The Bertz CT molecular complexity index is 252. The lowest BCUT2D eigenvalue weighted by molar-refractivity contribution is -0.144. The second-order valence-corrected chi connectivity index (χ2v) is 2.95. The van der Waals surface area contributed by atoms with Crippen LogP contribution in [0.3, 0.4) is 0 Å². The topological polar surface area (TPSA) is 84.5 Å². The third-order valence-corrected chi connectivity index (χ3v) is 1.50. The lowest BCUT2D eigenvalue weighted by Crippen LogP contribution is -2.48. The molecule has 15 heavy (non-hydrogen) atoms. The number of esters is 1. The molecule has 1 atom stereocenters. The lowest BCUT2D eigenvalue weighted by Gasteiger charge is -2.16. The highest BCUT2D eigenvalue weighted by molar-refractivity contribution is 5.87. The molecule has 0 heterocycles. The maximum absolute atomic E-state index is 11.4. The molecule has 0 rings (SSSR count). The largest absolute Gasteiger partial charge is 0.463 e. The van der Waals surface area contributed by atoms with Crippen LogP contribution in [0.5, 0.6) is 0 Å². The van der Waals surface area contributed by atoms with Crippen molar-refractivity contribution < 1.29 is 19.1 Å². The molecule has 86 valence electrons. The first-order chi connectivity index (χ1) is 6.97. The van der Waals surface area contributed by atoms with Crippen LogP contribution in [0.4, 0.5) is 0 Å². The summed E-state index contributed by atoms with van der Waals surface area (Å²) in [6.07, 6.45) is 0. The van der Waals surface area contributed by atoms with Gasteiger partial charge in [0.05, 0.1) is 0 Å². The summed E-state index contributed by atoms with van der Waals surface area (Å²) in [6.45, 7) is 4.59. The van der Waals surface area contributed by atoms with E-state index in [1.165, 1.54) is 13.8 Å². The zero-order chi connectivity index (χ0) is 11.8. The molecular formula is C9H16N2O4. The number of likely N-dealkylation sites (N-methyl/N-ethyl adjacent to an activating group) is 1. The van der Waals surface area contributed by atoms with E-state index in [0.717, 1.165) is 0 Å². The third-order valence-electron chi connectivity index (χ3n) is 1.50. The molecule has 0 saturated carbocycles. The van der Waals surface area contributed by atoms with Crippen molar-refractivity contribution in [1.29, 1.82) is 0 Å². The van der Waals surface area contributed by atoms with Gasteiger partial charge < -0.3 is 15.4 Å². The standard InChI is InChI=1S/C9H16N2O4/c1-4-10-9(14)8(11-6(2)12)5-15-7(3)13/h8H,4-5H2,1-3H3,(H,10,14)(H,11,12)/t8-/m1/s1. The van der Waals surface area contributed by atoms with Crippen molar-refractivity contribution in [2.45, 2.75) is 26.8 Å². The first kappa shape index (κ1) is 13.4. The Morgan fingerprint density at radius 3 is 2.27 bits per heavy atom. The molecule has 0 radical (unpaired) electrons. The first-order valence-electron chi connectivity index (χ1n) is 4.65. The number of carbonyl (C=O) groups is 3. The van der Waals surface area contributed by atoms with Gasteiger partial charge in [-0.05, 0) is 6.92 Å². The summed E-state index contributed by atoms with van der Waals surface area (Å²) < 4.78 is 4.66. The SMILES string of the molecule is CCNC(=O)[C@@H](COC(C)=O)NC(C)=O. The van der Waals surface area contributed by atoms with E-state index in [1.54, 1.807) is 6.92 Å². The Labute approximate surface area is 88.4 Å². The summed E-state index contributed by atoms with van der Waals surface area (Å²) >= 11 is 0. The van der Waals surface area contributed by atoms with Crippen molar-refractivity contribution in [3.8, 4) is 0 Å². The number of rotatable bonds is 5. The second-order valence-electron chi connectivity index (χ2n) is 2.95. The van der Waals surface area contributed by atoms with Crippen LogP contribution < -0.4 is 10.6 Å². The number of hydrogen-bond donors (Lipinski definition) is 2. The van der Waals surface area contributed by atoms with E-state index in [1.807, 2.05) is 0 Å². The molecule has 0 unspecified atom stereocenters. The van der Waals surface area contributed by atoms with Crippen LogP contribution >= 0.6 is 0 Å². The number of carbonyl (C=O) groups excluding carboxylic acids is 3. The highest BCUT2D eigenvalue weighted by atomic mass is 16.5. The minimum Gasteiger partial charge on any atom is -0.463 e. The molecule has 0 saturated heterocycles. The van der Waals surface area contributed by atoms with Gasteiger partial charge in [0, 0.05) is 20.4 Å². The Morgan fingerprint density at radius 1 is 1.27 bits per heavy atom. The van der Waals surface area contributed by atoms with E-state index in [-0.39, 0.29) is 18.4 Å². The summed E-state index contributed by atoms with van der Waals surface area (Å²) in [7, 11) is 0. The fraction of sp³-hybridized carbons (Fsp3) is 0.667. The van der Waals surface area contributed by atoms with Gasteiger partial charge >= 0.3 is 5.97 Å². The smallest absolute Gasteiger partial charge is 0.302 e. The molecule has 0 aliphatic carbocycles. The molecule has 6 nitrogen and oxygen atoms in total. The van der Waals surface area contributed by atoms with Crippen molar-refractivity contribution >= 4 is 17.8 Å². The van der Waals surface area contributed by atoms with Gasteiger partial charge in [-0.25, -0.2) is 0 Å². The zero-order valence-corrected chi connectivity index (χ0v) is 9.12. The van der Waals surface area contributed by atoms with Gasteiger partial charge in [0.2, 0.25) is 11.8 Å².